The van der Waals surface area contributed by atoms with E-state index in [1.165, 1.54) is 19.2 Å². The monoisotopic (exact) mass is 341 g/mol. The second-order valence-corrected chi connectivity index (χ2v) is 4.61. The number of aliphatic hydroxyl groups is 1. The molecule has 7 heteroatoms. The largest absolute Gasteiger partial charge is 0.453 e. The van der Waals surface area contributed by atoms with Crippen LogP contribution in [0.2, 0.25) is 10.0 Å². The first-order chi connectivity index (χ1) is 7.99. The van der Waals surface area contributed by atoms with E-state index in [9.17, 15) is 9.90 Å². The van der Waals surface area contributed by atoms with Gasteiger partial charge in [0, 0.05) is 5.33 Å². The molecule has 0 bridgehead atoms. The maximum absolute atomic E-state index is 11.1. The van der Waals surface area contributed by atoms with Crippen molar-refractivity contribution in [3.05, 3.63) is 27.7 Å². The Bertz CT molecular complexity index is 405. The van der Waals surface area contributed by atoms with E-state index in [1.54, 1.807) is 0 Å². The number of halogens is 3. The van der Waals surface area contributed by atoms with Crippen LogP contribution in [0.5, 0.6) is 0 Å². The number of carbonyl (C=O) groups excluding carboxylic acids is 1. The van der Waals surface area contributed by atoms with Gasteiger partial charge in [-0.2, -0.15) is 0 Å². The van der Waals surface area contributed by atoms with Crippen molar-refractivity contribution >= 4 is 50.9 Å². The summed E-state index contributed by atoms with van der Waals surface area (Å²) in [6, 6.07) is 3.06. The van der Waals surface area contributed by atoms with Crippen LogP contribution in [0.4, 0.5) is 10.5 Å². The minimum atomic E-state index is -0.711. The highest BCUT2D eigenvalue weighted by Crippen LogP contribution is 2.34. The Labute approximate surface area is 117 Å². The number of hydrogen-bond acceptors (Lipinski definition) is 3. The Kier molecular flexibility index (Phi) is 5.52. The van der Waals surface area contributed by atoms with Crippen LogP contribution >= 0.6 is 39.1 Å². The van der Waals surface area contributed by atoms with E-state index in [0.717, 1.165) is 0 Å². The van der Waals surface area contributed by atoms with Gasteiger partial charge in [0.2, 0.25) is 0 Å². The summed E-state index contributed by atoms with van der Waals surface area (Å²) >= 11 is 15.1. The molecule has 0 fully saturated rings. The van der Waals surface area contributed by atoms with Crippen molar-refractivity contribution in [2.24, 2.45) is 0 Å². The standard InChI is InChI=1S/C10H10BrCl2NO3/c1-17-10(16)14-9-6(12)2-5(3-7(9)13)8(15)4-11/h2-3,8,15H,4H2,1H3,(H,14,16). The van der Waals surface area contributed by atoms with Gasteiger partial charge in [-0.05, 0) is 17.7 Å². The number of carbonyl (C=O) groups is 1. The molecule has 94 valence electrons. The molecule has 2 N–H and O–H groups in total. The third-order valence-corrected chi connectivity index (χ3v) is 3.22. The number of anilines is 1. The number of hydrogen-bond donors (Lipinski definition) is 2. The van der Waals surface area contributed by atoms with Gasteiger partial charge in [0.05, 0.1) is 28.9 Å². The SMILES string of the molecule is COC(=O)Nc1c(Cl)cc(C(O)CBr)cc1Cl. The summed E-state index contributed by atoms with van der Waals surface area (Å²) < 4.78 is 4.44. The van der Waals surface area contributed by atoms with Gasteiger partial charge in [0.25, 0.3) is 0 Å². The van der Waals surface area contributed by atoms with E-state index in [4.69, 9.17) is 23.2 Å². The van der Waals surface area contributed by atoms with Gasteiger partial charge in [0.15, 0.2) is 0 Å². The van der Waals surface area contributed by atoms with Gasteiger partial charge in [-0.1, -0.05) is 39.1 Å². The summed E-state index contributed by atoms with van der Waals surface area (Å²) in [6.45, 7) is 0. The maximum atomic E-state index is 11.1. The molecule has 17 heavy (non-hydrogen) atoms. The number of nitrogens with one attached hydrogen (secondary N) is 1. The van der Waals surface area contributed by atoms with Crippen LogP contribution in [0.3, 0.4) is 0 Å². The second-order valence-electron chi connectivity index (χ2n) is 3.15. The highest BCUT2D eigenvalue weighted by atomic mass is 79.9. The molecule has 0 aromatic heterocycles. The Morgan fingerprint density at radius 1 is 1.53 bits per heavy atom. The van der Waals surface area contributed by atoms with Crippen molar-refractivity contribution in [3.8, 4) is 0 Å². The summed E-state index contributed by atoms with van der Waals surface area (Å²) in [6.07, 6.45) is -1.38. The number of rotatable bonds is 3. The predicted molar refractivity (Wildman–Crippen MR) is 71.2 cm³/mol. The molecule has 1 unspecified atom stereocenters. The first-order valence-electron chi connectivity index (χ1n) is 4.57. The number of benzene rings is 1. The third kappa shape index (κ3) is 3.74. The molecular formula is C10H10BrCl2NO3. The molecule has 1 amide bonds. The van der Waals surface area contributed by atoms with Crippen LogP contribution in [0.15, 0.2) is 12.1 Å². The normalized spacial score (nSPS) is 12.1. The summed E-state index contributed by atoms with van der Waals surface area (Å²) in [7, 11) is 1.24. The molecule has 1 rings (SSSR count). The summed E-state index contributed by atoms with van der Waals surface area (Å²) in [4.78, 5) is 11.1. The van der Waals surface area contributed by atoms with Crippen LogP contribution in [0.25, 0.3) is 0 Å². The van der Waals surface area contributed by atoms with E-state index < -0.39 is 12.2 Å². The molecule has 0 aliphatic carbocycles. The van der Waals surface area contributed by atoms with Crippen molar-refractivity contribution in [2.75, 3.05) is 17.8 Å². The van der Waals surface area contributed by atoms with Crippen LogP contribution in [0.1, 0.15) is 11.7 Å². The molecule has 0 radical (unpaired) electrons. The maximum Gasteiger partial charge on any atom is 0.411 e. The van der Waals surface area contributed by atoms with Crippen molar-refractivity contribution in [2.45, 2.75) is 6.10 Å². The van der Waals surface area contributed by atoms with E-state index in [1.807, 2.05) is 0 Å². The summed E-state index contributed by atoms with van der Waals surface area (Å²) in [5.41, 5.74) is 0.818. The lowest BCUT2D eigenvalue weighted by molar-refractivity contribution is 0.187. The highest BCUT2D eigenvalue weighted by Gasteiger charge is 2.14. The minimum Gasteiger partial charge on any atom is -0.453 e. The van der Waals surface area contributed by atoms with Gasteiger partial charge >= 0.3 is 6.09 Å². The molecule has 0 saturated carbocycles. The highest BCUT2D eigenvalue weighted by molar-refractivity contribution is 9.09. The van der Waals surface area contributed by atoms with E-state index >= 15 is 0 Å². The Balaban J connectivity index is 3.06. The molecule has 0 heterocycles. The second kappa shape index (κ2) is 6.44. The number of ether oxygens (including phenoxy) is 1. The summed E-state index contributed by atoms with van der Waals surface area (Å²) in [5.74, 6) is 0. The molecule has 0 saturated heterocycles. The van der Waals surface area contributed by atoms with Crippen molar-refractivity contribution in [1.29, 1.82) is 0 Å². The first kappa shape index (κ1) is 14.6. The number of methoxy groups -OCH3 is 1. The molecule has 1 aromatic rings. The Morgan fingerprint density at radius 3 is 2.47 bits per heavy atom. The van der Waals surface area contributed by atoms with E-state index in [2.05, 4.69) is 26.0 Å². The quantitative estimate of drug-likeness (QED) is 0.825. The number of aliphatic hydroxyl groups excluding tert-OH is 1. The van der Waals surface area contributed by atoms with Gasteiger partial charge in [-0.25, -0.2) is 4.79 Å². The summed E-state index contributed by atoms with van der Waals surface area (Å²) in [5, 5.41) is 12.8. The fourth-order valence-corrected chi connectivity index (χ4v) is 2.12. The Morgan fingerprint density at radius 2 is 2.06 bits per heavy atom. The van der Waals surface area contributed by atoms with Crippen molar-refractivity contribution < 1.29 is 14.6 Å². The minimum absolute atomic E-state index is 0.234. The predicted octanol–water partition coefficient (Wildman–Crippen LogP) is 3.60. The number of alkyl halides is 1. The van der Waals surface area contributed by atoms with Crippen LogP contribution in [-0.4, -0.2) is 23.6 Å². The molecule has 4 nitrogen and oxygen atoms in total. The molecular weight excluding hydrogens is 333 g/mol. The van der Waals surface area contributed by atoms with Crippen molar-refractivity contribution in [1.82, 2.24) is 0 Å². The van der Waals surface area contributed by atoms with E-state index in [-0.39, 0.29) is 15.7 Å². The van der Waals surface area contributed by atoms with Gasteiger partial charge in [0.1, 0.15) is 0 Å². The molecule has 1 atom stereocenters. The fraction of sp³-hybridized carbons (Fsp3) is 0.300. The lowest BCUT2D eigenvalue weighted by Crippen LogP contribution is -2.12. The molecule has 0 aliphatic heterocycles. The zero-order chi connectivity index (χ0) is 13.0. The first-order valence-corrected chi connectivity index (χ1v) is 6.45. The van der Waals surface area contributed by atoms with E-state index in [0.29, 0.717) is 10.9 Å². The Hall–Kier alpha value is -0.490. The molecule has 0 spiro atoms. The zero-order valence-electron chi connectivity index (χ0n) is 8.84. The molecule has 1 aromatic carbocycles. The smallest absolute Gasteiger partial charge is 0.411 e. The number of amides is 1. The lowest BCUT2D eigenvalue weighted by Gasteiger charge is -2.13. The zero-order valence-corrected chi connectivity index (χ0v) is 11.9. The van der Waals surface area contributed by atoms with Gasteiger partial charge in [-0.3, -0.25) is 5.32 Å². The van der Waals surface area contributed by atoms with Gasteiger partial charge in [-0.15, -0.1) is 0 Å². The lowest BCUT2D eigenvalue weighted by atomic mass is 10.1. The van der Waals surface area contributed by atoms with Crippen LogP contribution < -0.4 is 5.32 Å². The van der Waals surface area contributed by atoms with Crippen LogP contribution in [0, 0.1) is 0 Å². The average molecular weight is 343 g/mol. The average Bonchev–Trinajstić information content (AvgIpc) is 2.32. The van der Waals surface area contributed by atoms with Crippen molar-refractivity contribution in [3.63, 3.8) is 0 Å². The topological polar surface area (TPSA) is 58.6 Å². The molecule has 0 aliphatic rings. The fourth-order valence-electron chi connectivity index (χ4n) is 1.15. The third-order valence-electron chi connectivity index (χ3n) is 2.01. The van der Waals surface area contributed by atoms with Gasteiger partial charge < -0.3 is 9.84 Å². The van der Waals surface area contributed by atoms with Crippen LogP contribution in [-0.2, 0) is 4.74 Å².